The van der Waals surface area contributed by atoms with E-state index in [-0.39, 0.29) is 39.1 Å². The Morgan fingerprint density at radius 1 is 1.14 bits per heavy atom. The van der Waals surface area contributed by atoms with Crippen molar-refractivity contribution in [3.05, 3.63) is 89.7 Å². The smallest absolute Gasteiger partial charge is 0.416 e. The van der Waals surface area contributed by atoms with E-state index in [9.17, 15) is 37.5 Å². The van der Waals surface area contributed by atoms with E-state index in [1.807, 2.05) is 0 Å². The lowest BCUT2D eigenvalue weighted by atomic mass is 10.0. The summed E-state index contributed by atoms with van der Waals surface area (Å²) < 4.78 is 41.4. The third kappa shape index (κ3) is 4.81. The molecule has 1 saturated heterocycles. The topological polar surface area (TPSA) is 114 Å². The Bertz CT molecular complexity index is 1540. The predicted molar refractivity (Wildman–Crippen MR) is 129 cm³/mol. The van der Waals surface area contributed by atoms with Crippen molar-refractivity contribution in [1.82, 2.24) is 14.5 Å². The van der Waals surface area contributed by atoms with Crippen LogP contribution in [0.25, 0.3) is 5.69 Å². The maximum Gasteiger partial charge on any atom is 0.416 e. The molecule has 14 heteroatoms. The van der Waals surface area contributed by atoms with Crippen molar-refractivity contribution < 1.29 is 27.9 Å². The Morgan fingerprint density at radius 2 is 1.78 bits per heavy atom. The summed E-state index contributed by atoms with van der Waals surface area (Å²) in [6, 6.07) is 5.37. The van der Waals surface area contributed by atoms with Crippen LogP contribution < -0.4 is 21.5 Å². The minimum atomic E-state index is -4.67. The van der Waals surface area contributed by atoms with Crippen LogP contribution in [0.4, 0.5) is 23.7 Å². The van der Waals surface area contributed by atoms with E-state index in [2.05, 4.69) is 5.32 Å². The largest absolute Gasteiger partial charge is 0.477 e. The van der Waals surface area contributed by atoms with Gasteiger partial charge in [0.25, 0.3) is 5.56 Å². The summed E-state index contributed by atoms with van der Waals surface area (Å²) in [4.78, 5) is 51.3. The van der Waals surface area contributed by atoms with E-state index in [0.717, 1.165) is 22.9 Å². The Hall–Kier alpha value is -3.77. The molecule has 2 amide bonds. The number of urea groups is 1. The second kappa shape index (κ2) is 9.60. The fourth-order valence-electron chi connectivity index (χ4n) is 4.04. The third-order valence-corrected chi connectivity index (χ3v) is 6.46. The maximum atomic E-state index is 13.4. The molecule has 9 nitrogen and oxygen atoms in total. The van der Waals surface area contributed by atoms with Crippen LogP contribution in [-0.4, -0.2) is 39.3 Å². The van der Waals surface area contributed by atoms with Crippen LogP contribution in [0.1, 0.15) is 27.0 Å². The molecule has 4 rings (SSSR count). The average molecular weight is 557 g/mol. The number of nitrogens with one attached hydrogen (secondary N) is 1. The van der Waals surface area contributed by atoms with Gasteiger partial charge >= 0.3 is 23.9 Å². The molecule has 0 saturated carbocycles. The van der Waals surface area contributed by atoms with Crippen LogP contribution in [-0.2, 0) is 12.7 Å². The molecule has 2 aromatic carbocycles. The average Bonchev–Trinajstić information content (AvgIpc) is 3.21. The molecule has 194 valence electrons. The molecule has 2 heterocycles. The van der Waals surface area contributed by atoms with Crippen LogP contribution in [0.3, 0.4) is 0 Å². The number of carboxylic acid groups (broad SMARTS) is 1. The Balaban J connectivity index is 1.89. The van der Waals surface area contributed by atoms with Crippen molar-refractivity contribution in [3.63, 3.8) is 0 Å². The first-order valence-corrected chi connectivity index (χ1v) is 11.4. The van der Waals surface area contributed by atoms with Gasteiger partial charge in [-0.2, -0.15) is 13.2 Å². The van der Waals surface area contributed by atoms with Crippen molar-refractivity contribution in [2.75, 3.05) is 18.0 Å². The van der Waals surface area contributed by atoms with E-state index in [4.69, 9.17) is 23.2 Å². The van der Waals surface area contributed by atoms with Crippen LogP contribution in [0.2, 0.25) is 10.0 Å². The van der Waals surface area contributed by atoms with Crippen molar-refractivity contribution >= 4 is 40.9 Å². The fourth-order valence-corrected chi connectivity index (χ4v) is 4.72. The first-order chi connectivity index (χ1) is 17.3. The highest BCUT2D eigenvalue weighted by Gasteiger charge is 2.33. The summed E-state index contributed by atoms with van der Waals surface area (Å²) in [6.45, 7) is 1.20. The Kier molecular flexibility index (Phi) is 6.82. The Labute approximate surface area is 216 Å². The minimum Gasteiger partial charge on any atom is -0.477 e. The molecule has 0 atom stereocenters. The summed E-state index contributed by atoms with van der Waals surface area (Å²) in [5.74, 6) is -1.66. The lowest BCUT2D eigenvalue weighted by Crippen LogP contribution is -2.42. The minimum absolute atomic E-state index is 0.00503. The van der Waals surface area contributed by atoms with E-state index in [1.165, 1.54) is 30.0 Å². The van der Waals surface area contributed by atoms with E-state index >= 15 is 0 Å². The second-order valence-electron chi connectivity index (χ2n) is 8.12. The summed E-state index contributed by atoms with van der Waals surface area (Å²) in [5.41, 5.74) is -4.07. The molecule has 1 aromatic heterocycles. The highest BCUT2D eigenvalue weighted by atomic mass is 35.5. The van der Waals surface area contributed by atoms with Crippen molar-refractivity contribution in [3.8, 4) is 5.69 Å². The standard InChI is InChI=1S/C23H17Cl2F3N4O5/c1-11-12(3-2-4-15(11)23(26,27)28)9-32-19(33)14(20(34)35)10-31(22(32)37)13-7-16(24)18(17(25)8-13)30-6-5-29-21(30)36/h2-4,7-8,10H,5-6,9H2,1H3,(H,29,36)(H,34,35). The number of rotatable bonds is 5. The molecular weight excluding hydrogens is 540 g/mol. The molecular formula is C23H17Cl2F3N4O5. The molecule has 0 radical (unpaired) electrons. The van der Waals surface area contributed by atoms with Gasteiger partial charge < -0.3 is 10.4 Å². The molecule has 1 fully saturated rings. The second-order valence-corrected chi connectivity index (χ2v) is 8.94. The van der Waals surface area contributed by atoms with Gasteiger partial charge in [0.05, 0.1) is 33.5 Å². The normalized spacial score (nSPS) is 13.7. The summed E-state index contributed by atoms with van der Waals surface area (Å²) in [6.07, 6.45) is -3.89. The van der Waals surface area contributed by atoms with Gasteiger partial charge in [-0.3, -0.25) is 18.8 Å². The fraction of sp³-hybridized carbons (Fsp3) is 0.217. The van der Waals surface area contributed by atoms with Gasteiger partial charge in [0.15, 0.2) is 0 Å². The zero-order chi connectivity index (χ0) is 27.2. The summed E-state index contributed by atoms with van der Waals surface area (Å²) in [7, 11) is 0. The Morgan fingerprint density at radius 3 is 2.32 bits per heavy atom. The first kappa shape index (κ1) is 26.3. The van der Waals surface area contributed by atoms with Gasteiger partial charge in [0, 0.05) is 19.3 Å². The van der Waals surface area contributed by atoms with Crippen LogP contribution in [0.5, 0.6) is 0 Å². The highest BCUT2D eigenvalue weighted by Crippen LogP contribution is 2.37. The lowest BCUT2D eigenvalue weighted by molar-refractivity contribution is -0.138. The van der Waals surface area contributed by atoms with E-state index in [1.54, 1.807) is 0 Å². The number of hydrogen-bond acceptors (Lipinski definition) is 4. The van der Waals surface area contributed by atoms with Gasteiger partial charge in [-0.05, 0) is 36.2 Å². The van der Waals surface area contributed by atoms with Crippen LogP contribution in [0.15, 0.2) is 46.1 Å². The maximum absolute atomic E-state index is 13.4. The molecule has 37 heavy (non-hydrogen) atoms. The number of aromatic nitrogens is 2. The number of carboxylic acids is 1. The number of carbonyl (C=O) groups is 2. The molecule has 1 aliphatic rings. The quantitative estimate of drug-likeness (QED) is 0.494. The molecule has 3 aromatic rings. The number of carbonyl (C=O) groups excluding carboxylic acids is 1. The third-order valence-electron chi connectivity index (χ3n) is 5.89. The van der Waals surface area contributed by atoms with E-state index in [0.29, 0.717) is 11.1 Å². The predicted octanol–water partition coefficient (Wildman–Crippen LogP) is 3.91. The highest BCUT2D eigenvalue weighted by molar-refractivity contribution is 6.40. The first-order valence-electron chi connectivity index (χ1n) is 10.6. The molecule has 0 aliphatic carbocycles. The van der Waals surface area contributed by atoms with Crippen LogP contribution in [0, 0.1) is 6.92 Å². The monoisotopic (exact) mass is 556 g/mol. The summed E-state index contributed by atoms with van der Waals surface area (Å²) >= 11 is 12.7. The zero-order valence-corrected chi connectivity index (χ0v) is 20.4. The van der Waals surface area contributed by atoms with Crippen molar-refractivity contribution in [2.24, 2.45) is 0 Å². The number of aromatic carboxylic acids is 1. The number of amides is 2. The number of alkyl halides is 3. The number of nitrogens with zero attached hydrogens (tertiary/aromatic N) is 3. The number of benzene rings is 2. The van der Waals surface area contributed by atoms with Crippen molar-refractivity contribution in [2.45, 2.75) is 19.6 Å². The molecule has 1 aliphatic heterocycles. The SMILES string of the molecule is Cc1c(Cn2c(=O)c(C(=O)O)cn(-c3cc(Cl)c(N4CCNC4=O)c(Cl)c3)c2=O)cccc1C(F)(F)F. The lowest BCUT2D eigenvalue weighted by Gasteiger charge is -2.20. The number of hydrogen-bond donors (Lipinski definition) is 2. The zero-order valence-electron chi connectivity index (χ0n) is 18.9. The number of anilines is 1. The number of halogens is 5. The van der Waals surface area contributed by atoms with Gasteiger partial charge in [0.1, 0.15) is 5.56 Å². The molecule has 2 N–H and O–H groups in total. The summed E-state index contributed by atoms with van der Waals surface area (Å²) in [5, 5.41) is 12.1. The van der Waals surface area contributed by atoms with Crippen molar-refractivity contribution in [1.29, 1.82) is 0 Å². The van der Waals surface area contributed by atoms with Gasteiger partial charge in [-0.15, -0.1) is 0 Å². The molecule has 0 bridgehead atoms. The molecule has 0 spiro atoms. The van der Waals surface area contributed by atoms with Gasteiger partial charge in [-0.25, -0.2) is 14.4 Å². The van der Waals surface area contributed by atoms with Gasteiger partial charge in [-0.1, -0.05) is 35.3 Å². The van der Waals surface area contributed by atoms with E-state index < -0.39 is 47.1 Å². The van der Waals surface area contributed by atoms with Crippen LogP contribution >= 0.6 is 23.2 Å². The molecule has 0 unspecified atom stereocenters. The van der Waals surface area contributed by atoms with Gasteiger partial charge in [0.2, 0.25) is 0 Å².